The van der Waals surface area contributed by atoms with Gasteiger partial charge in [0, 0.05) is 51.4 Å². The Morgan fingerprint density at radius 2 is 1.35 bits per heavy atom. The molecular weight excluding hydrogens is 593 g/mol. The molecule has 2 heteroatoms. The van der Waals surface area contributed by atoms with Crippen LogP contribution in [0.5, 0.6) is 0 Å². The molecule has 3 atom stereocenters. The zero-order valence-electron chi connectivity index (χ0n) is 29.4. The van der Waals surface area contributed by atoms with Gasteiger partial charge in [-0.15, -0.1) is 0 Å². The molecule has 0 N–H and O–H groups in total. The van der Waals surface area contributed by atoms with E-state index in [1.165, 1.54) is 124 Å². The van der Waals surface area contributed by atoms with Crippen molar-refractivity contribution in [3.05, 3.63) is 125 Å². The van der Waals surface area contributed by atoms with E-state index in [4.69, 9.17) is 0 Å². The predicted octanol–water partition coefficient (Wildman–Crippen LogP) is 13.1. The van der Waals surface area contributed by atoms with Crippen molar-refractivity contribution in [2.45, 2.75) is 88.9 Å². The first-order valence-corrected chi connectivity index (χ1v) is 19.1. The minimum Gasteiger partial charge on any atom is -0.343 e. The lowest BCUT2D eigenvalue weighted by Gasteiger charge is -2.29. The number of benzene rings is 5. The second-order valence-electron chi connectivity index (χ2n) is 16.5. The summed E-state index contributed by atoms with van der Waals surface area (Å²) in [6.07, 6.45) is 12.5. The molecule has 3 fully saturated rings. The summed E-state index contributed by atoms with van der Waals surface area (Å²) in [7, 11) is 2.24. The smallest absolute Gasteiger partial charge is 0.0571 e. The normalized spacial score (nSPS) is 22.6. The zero-order valence-corrected chi connectivity index (χ0v) is 29.4. The first-order chi connectivity index (χ1) is 24.0. The molecule has 10 rings (SSSR count). The van der Waals surface area contributed by atoms with Crippen LogP contribution in [0.15, 0.2) is 103 Å². The van der Waals surface area contributed by atoms with E-state index in [0.717, 1.165) is 17.8 Å². The van der Waals surface area contributed by atoms with Crippen LogP contribution >= 0.6 is 0 Å². The van der Waals surface area contributed by atoms with E-state index in [1.807, 2.05) is 0 Å². The number of nitrogens with zero attached hydrogens (tertiary/aromatic N) is 2. The van der Waals surface area contributed by atoms with Gasteiger partial charge in [-0.25, -0.2) is 0 Å². The molecule has 0 radical (unpaired) electrons. The molecule has 1 heterocycles. The molecule has 4 aliphatic carbocycles. The Kier molecular flexibility index (Phi) is 6.71. The van der Waals surface area contributed by atoms with Crippen molar-refractivity contribution in [1.82, 2.24) is 4.57 Å². The van der Waals surface area contributed by atoms with E-state index in [0.29, 0.717) is 5.92 Å². The van der Waals surface area contributed by atoms with E-state index >= 15 is 0 Å². The second kappa shape index (κ2) is 11.1. The van der Waals surface area contributed by atoms with Gasteiger partial charge >= 0.3 is 0 Å². The molecule has 5 aromatic carbocycles. The number of fused-ring (bicyclic) bond motifs is 9. The number of hydrogen-bond donors (Lipinski definition) is 0. The second-order valence-corrected chi connectivity index (χ2v) is 16.5. The summed E-state index contributed by atoms with van der Waals surface area (Å²) in [5, 5.41) is 2.68. The number of aromatic nitrogens is 1. The zero-order chi connectivity index (χ0) is 32.9. The van der Waals surface area contributed by atoms with Crippen molar-refractivity contribution in [2.24, 2.45) is 18.9 Å². The summed E-state index contributed by atoms with van der Waals surface area (Å²) in [5.74, 6) is 3.32. The van der Waals surface area contributed by atoms with E-state index in [-0.39, 0.29) is 5.41 Å². The van der Waals surface area contributed by atoms with Gasteiger partial charge in [0.05, 0.1) is 5.52 Å². The molecule has 2 bridgehead atoms. The van der Waals surface area contributed by atoms with Crippen LogP contribution in [-0.2, 0) is 12.5 Å². The Hall–Kier alpha value is -4.30. The highest BCUT2D eigenvalue weighted by atomic mass is 15.1. The molecule has 246 valence electrons. The highest BCUT2D eigenvalue weighted by molar-refractivity contribution is 6.14. The van der Waals surface area contributed by atoms with Crippen LogP contribution in [0.4, 0.5) is 17.1 Å². The van der Waals surface area contributed by atoms with Crippen LogP contribution in [-0.4, -0.2) is 4.57 Å². The topological polar surface area (TPSA) is 8.17 Å². The fraction of sp³-hybridized carbons (Fsp3) is 0.362. The quantitative estimate of drug-likeness (QED) is 0.182. The van der Waals surface area contributed by atoms with Gasteiger partial charge in [-0.1, -0.05) is 100 Å². The molecule has 4 aliphatic rings. The van der Waals surface area contributed by atoms with Crippen molar-refractivity contribution in [2.75, 3.05) is 4.90 Å². The number of rotatable bonds is 5. The summed E-state index contributed by atoms with van der Waals surface area (Å²) in [6.45, 7) is 4.84. The molecule has 0 spiro atoms. The van der Waals surface area contributed by atoms with E-state index in [1.54, 1.807) is 5.56 Å². The summed E-state index contributed by atoms with van der Waals surface area (Å²) >= 11 is 0. The molecule has 1 aromatic heterocycles. The monoisotopic (exact) mass is 640 g/mol. The largest absolute Gasteiger partial charge is 0.343 e. The fourth-order valence-corrected chi connectivity index (χ4v) is 10.9. The summed E-state index contributed by atoms with van der Waals surface area (Å²) in [6, 6.07) is 40.3. The lowest BCUT2D eigenvalue weighted by atomic mass is 9.82. The number of anilines is 3. The fourth-order valence-electron chi connectivity index (χ4n) is 10.9. The predicted molar refractivity (Wildman–Crippen MR) is 207 cm³/mol. The van der Waals surface area contributed by atoms with Crippen molar-refractivity contribution < 1.29 is 0 Å². The first-order valence-electron chi connectivity index (χ1n) is 19.1. The Morgan fingerprint density at radius 3 is 2.06 bits per heavy atom. The van der Waals surface area contributed by atoms with Gasteiger partial charge in [0.1, 0.15) is 0 Å². The van der Waals surface area contributed by atoms with E-state index in [9.17, 15) is 0 Å². The maximum Gasteiger partial charge on any atom is 0.0571 e. The third-order valence-electron chi connectivity index (χ3n) is 13.5. The molecule has 2 nitrogen and oxygen atoms in total. The molecule has 0 amide bonds. The van der Waals surface area contributed by atoms with Gasteiger partial charge in [0.15, 0.2) is 0 Å². The number of hydrogen-bond acceptors (Lipinski definition) is 1. The van der Waals surface area contributed by atoms with Crippen LogP contribution in [0, 0.1) is 11.8 Å². The number of para-hydroxylation sites is 1. The van der Waals surface area contributed by atoms with Crippen molar-refractivity contribution >= 4 is 38.9 Å². The Morgan fingerprint density at radius 1 is 0.633 bits per heavy atom. The molecule has 0 aliphatic heterocycles. The lowest BCUT2D eigenvalue weighted by Crippen LogP contribution is -2.17. The Balaban J connectivity index is 1.09. The van der Waals surface area contributed by atoms with Crippen molar-refractivity contribution in [1.29, 1.82) is 0 Å². The van der Waals surface area contributed by atoms with Crippen LogP contribution in [0.3, 0.4) is 0 Å². The minimum absolute atomic E-state index is 0.104. The average molecular weight is 641 g/mol. The van der Waals surface area contributed by atoms with Gasteiger partial charge in [0.2, 0.25) is 0 Å². The van der Waals surface area contributed by atoms with Crippen molar-refractivity contribution in [3.63, 3.8) is 0 Å². The average Bonchev–Trinajstić information content (AvgIpc) is 3.91. The standard InChI is InChI=1S/C47H48N2/c1-47(2)42-26-25-39-38-11-7-8-12-44(38)48(3)46(39)45(42)40-24-23-37(29-43(40)47)49(35-19-15-32(16-20-35)31-9-5-4-6-10-31)36-21-17-33(18-22-36)41-28-30-13-14-34(41)27-30/h7-8,11-12,15-26,29-31,34,41H,4-6,9-10,13-14,27-28H2,1-3H3. The maximum absolute atomic E-state index is 2.51. The van der Waals surface area contributed by atoms with Gasteiger partial charge in [-0.05, 0) is 126 Å². The van der Waals surface area contributed by atoms with Crippen LogP contribution < -0.4 is 4.90 Å². The molecule has 6 aromatic rings. The van der Waals surface area contributed by atoms with E-state index < -0.39 is 0 Å². The molecule has 49 heavy (non-hydrogen) atoms. The van der Waals surface area contributed by atoms with Gasteiger partial charge < -0.3 is 9.47 Å². The highest BCUT2D eigenvalue weighted by Crippen LogP contribution is 2.55. The summed E-state index contributed by atoms with van der Waals surface area (Å²) in [4.78, 5) is 2.51. The van der Waals surface area contributed by atoms with Crippen LogP contribution in [0.25, 0.3) is 32.9 Å². The summed E-state index contributed by atoms with van der Waals surface area (Å²) < 4.78 is 2.42. The third-order valence-corrected chi connectivity index (χ3v) is 13.5. The van der Waals surface area contributed by atoms with Crippen LogP contribution in [0.2, 0.25) is 0 Å². The maximum atomic E-state index is 2.51. The molecule has 0 saturated heterocycles. The molecular formula is C47H48N2. The van der Waals surface area contributed by atoms with E-state index in [2.05, 4.69) is 133 Å². The number of aryl methyl sites for hydroxylation is 1. The Labute approximate surface area is 291 Å². The molecule has 3 saturated carbocycles. The van der Waals surface area contributed by atoms with Crippen molar-refractivity contribution in [3.8, 4) is 11.1 Å². The minimum atomic E-state index is -0.104. The third kappa shape index (κ3) is 4.52. The summed E-state index contributed by atoms with van der Waals surface area (Å²) in [5.41, 5.74) is 15.0. The van der Waals surface area contributed by atoms with Crippen LogP contribution in [0.1, 0.15) is 106 Å². The SMILES string of the molecule is Cn1c2ccccc2c2ccc3c(c21)-c1ccc(N(c2ccc(C4CCCCC4)cc2)c2ccc(C4CC5CCC4C5)cc2)cc1C3(C)C. The van der Waals surface area contributed by atoms with Gasteiger partial charge in [0.25, 0.3) is 0 Å². The lowest BCUT2D eigenvalue weighted by molar-refractivity contribution is 0.420. The highest BCUT2D eigenvalue weighted by Gasteiger charge is 2.40. The van der Waals surface area contributed by atoms with Gasteiger partial charge in [-0.3, -0.25) is 0 Å². The first kappa shape index (κ1) is 29.6. The Bertz CT molecular complexity index is 2210. The van der Waals surface area contributed by atoms with Gasteiger partial charge in [-0.2, -0.15) is 0 Å². The molecule has 3 unspecified atom stereocenters.